The van der Waals surface area contributed by atoms with Gasteiger partial charge in [-0.15, -0.1) is 0 Å². The van der Waals surface area contributed by atoms with Crippen LogP contribution >= 0.6 is 46.3 Å². The van der Waals surface area contributed by atoms with Gasteiger partial charge in [0, 0.05) is 5.69 Å². The van der Waals surface area contributed by atoms with E-state index >= 15 is 0 Å². The quantitative estimate of drug-likeness (QED) is 0.295. The van der Waals surface area contributed by atoms with E-state index in [-0.39, 0.29) is 22.3 Å². The van der Waals surface area contributed by atoms with Crippen LogP contribution < -0.4 is 19.8 Å². The molecule has 1 N–H and O–H groups in total. The summed E-state index contributed by atoms with van der Waals surface area (Å²) in [6.07, 6.45) is 1.48. The van der Waals surface area contributed by atoms with Gasteiger partial charge in [-0.25, -0.2) is 4.90 Å². The predicted octanol–water partition coefficient (Wildman–Crippen LogP) is 5.25. The van der Waals surface area contributed by atoms with E-state index in [2.05, 4.69) is 5.32 Å². The van der Waals surface area contributed by atoms with Gasteiger partial charge >= 0.3 is 4.87 Å². The van der Waals surface area contributed by atoms with E-state index in [1.54, 1.807) is 48.5 Å². The highest BCUT2D eigenvalue weighted by molar-refractivity contribution is 8.00. The second kappa shape index (κ2) is 10.5. The fraction of sp³-hybridized carbons (Fsp3) is 0.185. The fourth-order valence-electron chi connectivity index (χ4n) is 4.93. The molecule has 204 valence electrons. The molecule has 3 unspecified atom stereocenters. The number of imide groups is 1. The third kappa shape index (κ3) is 4.52. The molecule has 9 nitrogen and oxygen atoms in total. The highest BCUT2D eigenvalue weighted by atomic mass is 35.5. The Morgan fingerprint density at radius 1 is 1.05 bits per heavy atom. The molecule has 0 saturated carbocycles. The molecule has 1 fully saturated rings. The van der Waals surface area contributed by atoms with Gasteiger partial charge in [0.1, 0.15) is 23.3 Å². The first-order valence-corrected chi connectivity index (χ1v) is 14.4. The Morgan fingerprint density at radius 3 is 2.50 bits per heavy atom. The number of methoxy groups -OCH3 is 1. The number of hydrogen-bond donors (Lipinski definition) is 1. The Morgan fingerprint density at radius 2 is 1.82 bits per heavy atom. The second-order valence-corrected chi connectivity index (χ2v) is 12.0. The van der Waals surface area contributed by atoms with Crippen molar-refractivity contribution in [3.05, 3.63) is 91.2 Å². The van der Waals surface area contributed by atoms with Gasteiger partial charge in [-0.3, -0.25) is 23.7 Å². The summed E-state index contributed by atoms with van der Waals surface area (Å²) in [5, 5.41) is 2.97. The standard InChI is InChI=1S/C27H19Cl2N3O6S2/c1-37-15-7-5-14(6-8-15)32-24(34)21-20(18-3-2-10-38-18)23-26(39-22(21)25(32)35)31(27(36)40-23)12-19(33)30-13-4-9-16(28)17(29)11-13/h2-11,20-22H,12H2,1H3,(H,30,33). The van der Waals surface area contributed by atoms with Gasteiger partial charge in [-0.05, 0) is 54.6 Å². The zero-order chi connectivity index (χ0) is 28.1. The van der Waals surface area contributed by atoms with Crippen molar-refractivity contribution in [2.24, 2.45) is 5.92 Å². The number of rotatable bonds is 6. The van der Waals surface area contributed by atoms with Crippen LogP contribution in [0.2, 0.25) is 10.0 Å². The first-order valence-electron chi connectivity index (χ1n) is 12.0. The number of halogens is 2. The molecule has 0 aliphatic carbocycles. The average Bonchev–Trinajstić information content (AvgIpc) is 3.64. The Bertz CT molecular complexity index is 1700. The summed E-state index contributed by atoms with van der Waals surface area (Å²) in [5.41, 5.74) is 0.843. The van der Waals surface area contributed by atoms with E-state index in [4.69, 9.17) is 32.4 Å². The lowest BCUT2D eigenvalue weighted by Crippen LogP contribution is -2.32. The maximum atomic E-state index is 13.8. The van der Waals surface area contributed by atoms with Gasteiger partial charge < -0.3 is 14.5 Å². The third-order valence-corrected chi connectivity index (χ3v) is 10.1. The summed E-state index contributed by atoms with van der Waals surface area (Å²) < 4.78 is 12.2. The van der Waals surface area contributed by atoms with Gasteiger partial charge in [0.05, 0.1) is 50.8 Å². The van der Waals surface area contributed by atoms with Crippen LogP contribution in [0.5, 0.6) is 5.75 Å². The minimum atomic E-state index is -0.824. The van der Waals surface area contributed by atoms with Crippen molar-refractivity contribution in [2.75, 3.05) is 17.3 Å². The van der Waals surface area contributed by atoms with Gasteiger partial charge in [-0.1, -0.05) is 46.3 Å². The van der Waals surface area contributed by atoms with Gasteiger partial charge in [0.2, 0.25) is 17.7 Å². The van der Waals surface area contributed by atoms with Crippen LogP contribution in [-0.4, -0.2) is 34.6 Å². The summed E-state index contributed by atoms with van der Waals surface area (Å²) >= 11 is 14.1. The molecule has 0 radical (unpaired) electrons. The van der Waals surface area contributed by atoms with E-state index in [1.807, 2.05) is 0 Å². The number of hydrogen-bond acceptors (Lipinski definition) is 8. The average molecular weight is 617 g/mol. The number of fused-ring (bicyclic) bond motifs is 2. The smallest absolute Gasteiger partial charge is 0.308 e. The molecule has 13 heteroatoms. The van der Waals surface area contributed by atoms with Crippen molar-refractivity contribution in [1.82, 2.24) is 4.57 Å². The number of nitrogens with zero attached hydrogens (tertiary/aromatic N) is 2. The molecule has 2 aliphatic rings. The highest BCUT2D eigenvalue weighted by Gasteiger charge is 2.57. The molecule has 0 spiro atoms. The summed E-state index contributed by atoms with van der Waals surface area (Å²) in [7, 11) is 1.53. The predicted molar refractivity (Wildman–Crippen MR) is 153 cm³/mol. The van der Waals surface area contributed by atoms with E-state index in [0.717, 1.165) is 23.1 Å². The number of ether oxygens (including phenoxy) is 1. The molecule has 6 rings (SSSR count). The van der Waals surface area contributed by atoms with Crippen LogP contribution in [0.25, 0.3) is 0 Å². The molecule has 2 aromatic heterocycles. The summed E-state index contributed by atoms with van der Waals surface area (Å²) in [6.45, 7) is -0.301. The van der Waals surface area contributed by atoms with Crippen molar-refractivity contribution >= 4 is 75.4 Å². The van der Waals surface area contributed by atoms with Gasteiger partial charge in [0.15, 0.2) is 0 Å². The Hall–Kier alpha value is -3.51. The lowest BCUT2D eigenvalue weighted by molar-refractivity contribution is -0.122. The van der Waals surface area contributed by atoms with Crippen LogP contribution in [0.3, 0.4) is 0 Å². The topological polar surface area (TPSA) is 111 Å². The summed E-state index contributed by atoms with van der Waals surface area (Å²) in [6, 6.07) is 14.7. The van der Waals surface area contributed by atoms with E-state index in [9.17, 15) is 19.2 Å². The maximum absolute atomic E-state index is 13.8. The number of carbonyl (C=O) groups is 3. The van der Waals surface area contributed by atoms with Crippen molar-refractivity contribution < 1.29 is 23.5 Å². The molecular weight excluding hydrogens is 597 g/mol. The Labute approximate surface area is 245 Å². The Kier molecular flexibility index (Phi) is 6.99. The van der Waals surface area contributed by atoms with E-state index < -0.39 is 28.9 Å². The Balaban J connectivity index is 1.36. The fourth-order valence-corrected chi connectivity index (χ4v) is 7.99. The van der Waals surface area contributed by atoms with Crippen LogP contribution in [0.4, 0.5) is 11.4 Å². The van der Waals surface area contributed by atoms with Crippen molar-refractivity contribution in [1.29, 1.82) is 0 Å². The van der Waals surface area contributed by atoms with Crippen LogP contribution in [0.15, 0.2) is 75.1 Å². The number of nitrogens with one attached hydrogen (secondary N) is 1. The molecule has 40 heavy (non-hydrogen) atoms. The van der Waals surface area contributed by atoms with Gasteiger partial charge in [0.25, 0.3) is 0 Å². The van der Waals surface area contributed by atoms with Crippen LogP contribution in [-0.2, 0) is 20.9 Å². The minimum absolute atomic E-state index is 0.276. The maximum Gasteiger partial charge on any atom is 0.308 e. The molecule has 4 heterocycles. The lowest BCUT2D eigenvalue weighted by Gasteiger charge is -2.29. The highest BCUT2D eigenvalue weighted by Crippen LogP contribution is 2.54. The van der Waals surface area contributed by atoms with Crippen LogP contribution in [0.1, 0.15) is 16.6 Å². The van der Waals surface area contributed by atoms with Crippen LogP contribution in [0, 0.1) is 5.92 Å². The van der Waals surface area contributed by atoms with Crippen molar-refractivity contribution in [3.8, 4) is 5.75 Å². The number of amides is 3. The largest absolute Gasteiger partial charge is 0.497 e. The molecule has 3 atom stereocenters. The van der Waals surface area contributed by atoms with Gasteiger partial charge in [-0.2, -0.15) is 0 Å². The third-order valence-electron chi connectivity index (χ3n) is 6.73. The number of carbonyl (C=O) groups excluding carboxylic acids is 3. The number of anilines is 2. The first-order chi connectivity index (χ1) is 19.3. The monoisotopic (exact) mass is 615 g/mol. The molecule has 0 bridgehead atoms. The molecule has 1 saturated heterocycles. The molecule has 3 amide bonds. The summed E-state index contributed by atoms with van der Waals surface area (Å²) in [5.74, 6) is -1.67. The van der Waals surface area contributed by atoms with Crippen molar-refractivity contribution in [2.45, 2.75) is 22.7 Å². The molecule has 2 aliphatic heterocycles. The lowest BCUT2D eigenvalue weighted by atomic mass is 9.87. The van der Waals surface area contributed by atoms with Crippen molar-refractivity contribution in [3.63, 3.8) is 0 Å². The minimum Gasteiger partial charge on any atom is -0.497 e. The first kappa shape index (κ1) is 26.7. The SMILES string of the molecule is COc1ccc(N2C(=O)C3Sc4c(sc(=O)n4CC(=O)Nc4ccc(Cl)c(Cl)c4)C(c4ccco4)C3C2=O)cc1. The number of benzene rings is 2. The normalized spacial score (nSPS) is 19.9. The molecule has 2 aromatic carbocycles. The number of aromatic nitrogens is 1. The molecule has 4 aromatic rings. The van der Waals surface area contributed by atoms with E-state index in [0.29, 0.717) is 37.8 Å². The zero-order valence-electron chi connectivity index (χ0n) is 20.6. The summed E-state index contributed by atoms with van der Waals surface area (Å²) in [4.78, 5) is 55.0. The number of thiazole rings is 1. The second-order valence-electron chi connectivity index (χ2n) is 9.07. The van der Waals surface area contributed by atoms with E-state index in [1.165, 1.54) is 28.9 Å². The molecular formula is C27H19Cl2N3O6S2. The number of furan rings is 1. The zero-order valence-corrected chi connectivity index (χ0v) is 23.8. The number of thioether (sulfide) groups is 1.